The molecule has 1 amide bonds. The van der Waals surface area contributed by atoms with Gasteiger partial charge in [0.25, 0.3) is 0 Å². The van der Waals surface area contributed by atoms with Crippen LogP contribution in [0.3, 0.4) is 0 Å². The summed E-state index contributed by atoms with van der Waals surface area (Å²) in [6.45, 7) is 3.16. The highest BCUT2D eigenvalue weighted by Crippen LogP contribution is 2.24. The number of rotatable bonds is 4. The van der Waals surface area contributed by atoms with E-state index in [0.29, 0.717) is 25.3 Å². The molecule has 0 atom stereocenters. The van der Waals surface area contributed by atoms with Gasteiger partial charge in [-0.2, -0.15) is 0 Å². The van der Waals surface area contributed by atoms with Crippen molar-refractivity contribution in [3.05, 3.63) is 63.9 Å². The first kappa shape index (κ1) is 15.9. The average Bonchev–Trinajstić information content (AvgIpc) is 3.25. The van der Waals surface area contributed by atoms with Crippen LogP contribution in [-0.4, -0.2) is 25.8 Å². The van der Waals surface area contributed by atoms with E-state index in [1.165, 1.54) is 4.88 Å². The zero-order valence-corrected chi connectivity index (χ0v) is 14.8. The second kappa shape index (κ2) is 6.72. The number of benzene rings is 1. The van der Waals surface area contributed by atoms with Crippen molar-refractivity contribution in [2.24, 2.45) is 0 Å². The van der Waals surface area contributed by atoms with Crippen LogP contribution in [0.1, 0.15) is 28.2 Å². The third kappa shape index (κ3) is 3.30. The Kier molecular flexibility index (Phi) is 4.28. The standard InChI is InChI=1S/C19H18N4OS/c1-13-17(25-12-21-13)7-8-18(24)23-10-15-9-20-19(22-16(15)11-23)14-5-3-2-4-6-14/h2-6,9,12H,7-8,10-11H2,1H3. The van der Waals surface area contributed by atoms with Gasteiger partial charge in [0.05, 0.1) is 23.4 Å². The fourth-order valence-electron chi connectivity index (χ4n) is 3.00. The van der Waals surface area contributed by atoms with Crippen LogP contribution in [-0.2, 0) is 24.3 Å². The minimum absolute atomic E-state index is 0.159. The van der Waals surface area contributed by atoms with Gasteiger partial charge in [-0.15, -0.1) is 11.3 Å². The molecule has 3 heterocycles. The molecule has 2 aromatic heterocycles. The zero-order valence-electron chi connectivity index (χ0n) is 14.0. The summed E-state index contributed by atoms with van der Waals surface area (Å²) in [7, 11) is 0. The quantitative estimate of drug-likeness (QED) is 0.724. The number of fused-ring (bicyclic) bond motifs is 1. The van der Waals surface area contributed by atoms with Crippen LogP contribution in [0.15, 0.2) is 42.0 Å². The highest BCUT2D eigenvalue weighted by Gasteiger charge is 2.25. The summed E-state index contributed by atoms with van der Waals surface area (Å²) in [6.07, 6.45) is 3.12. The van der Waals surface area contributed by atoms with Crippen LogP contribution in [0.4, 0.5) is 0 Å². The van der Waals surface area contributed by atoms with Crippen molar-refractivity contribution in [3.8, 4) is 11.4 Å². The molecule has 0 unspecified atom stereocenters. The van der Waals surface area contributed by atoms with Gasteiger partial charge in [-0.05, 0) is 13.3 Å². The lowest BCUT2D eigenvalue weighted by atomic mass is 10.2. The fourth-order valence-corrected chi connectivity index (χ4v) is 3.78. The smallest absolute Gasteiger partial charge is 0.223 e. The molecule has 0 saturated heterocycles. The highest BCUT2D eigenvalue weighted by atomic mass is 32.1. The second-order valence-corrected chi connectivity index (χ2v) is 7.08. The van der Waals surface area contributed by atoms with Crippen molar-refractivity contribution < 1.29 is 4.79 Å². The number of hydrogen-bond donors (Lipinski definition) is 0. The number of aryl methyl sites for hydroxylation is 2. The third-order valence-electron chi connectivity index (χ3n) is 4.45. The van der Waals surface area contributed by atoms with Crippen molar-refractivity contribution in [1.82, 2.24) is 19.9 Å². The molecule has 0 aliphatic carbocycles. The van der Waals surface area contributed by atoms with Crippen molar-refractivity contribution in [1.29, 1.82) is 0 Å². The molecule has 6 heteroatoms. The third-order valence-corrected chi connectivity index (χ3v) is 5.45. The molecule has 1 aromatic carbocycles. The lowest BCUT2D eigenvalue weighted by molar-refractivity contribution is -0.131. The first-order valence-corrected chi connectivity index (χ1v) is 9.15. The summed E-state index contributed by atoms with van der Waals surface area (Å²) >= 11 is 1.62. The fraction of sp³-hybridized carbons (Fsp3) is 0.263. The second-order valence-electron chi connectivity index (χ2n) is 6.14. The number of thiazole rings is 1. The highest BCUT2D eigenvalue weighted by molar-refractivity contribution is 7.09. The number of amides is 1. The summed E-state index contributed by atoms with van der Waals surface area (Å²) in [4.78, 5) is 29.0. The van der Waals surface area contributed by atoms with Gasteiger partial charge in [0.1, 0.15) is 0 Å². The Labute approximate surface area is 150 Å². The summed E-state index contributed by atoms with van der Waals surface area (Å²) in [5.41, 5.74) is 5.86. The molecule has 3 aromatic rings. The van der Waals surface area contributed by atoms with Crippen LogP contribution in [0.2, 0.25) is 0 Å². The van der Waals surface area contributed by atoms with Gasteiger partial charge in [-0.1, -0.05) is 30.3 Å². The largest absolute Gasteiger partial charge is 0.332 e. The number of carbonyl (C=O) groups excluding carboxylic acids is 1. The number of aromatic nitrogens is 3. The van der Waals surface area contributed by atoms with Gasteiger partial charge in [0.15, 0.2) is 5.82 Å². The Hall–Kier alpha value is -2.60. The molecule has 4 rings (SSSR count). The van der Waals surface area contributed by atoms with E-state index in [4.69, 9.17) is 0 Å². The van der Waals surface area contributed by atoms with E-state index in [1.54, 1.807) is 11.3 Å². The number of hydrogen-bond acceptors (Lipinski definition) is 5. The SMILES string of the molecule is Cc1ncsc1CCC(=O)N1Cc2cnc(-c3ccccc3)nc2C1. The van der Waals surface area contributed by atoms with E-state index in [9.17, 15) is 4.79 Å². The zero-order chi connectivity index (χ0) is 17.2. The summed E-state index contributed by atoms with van der Waals surface area (Å²) in [6, 6.07) is 9.92. The molecule has 25 heavy (non-hydrogen) atoms. The van der Waals surface area contributed by atoms with E-state index in [-0.39, 0.29) is 5.91 Å². The number of nitrogens with zero attached hydrogens (tertiary/aromatic N) is 4. The van der Waals surface area contributed by atoms with E-state index in [1.807, 2.05) is 53.9 Å². The van der Waals surface area contributed by atoms with Crippen molar-refractivity contribution in [2.75, 3.05) is 0 Å². The molecule has 0 spiro atoms. The molecule has 0 fully saturated rings. The molecular formula is C19H18N4OS. The van der Waals surface area contributed by atoms with Crippen molar-refractivity contribution >= 4 is 17.2 Å². The topological polar surface area (TPSA) is 59.0 Å². The lowest BCUT2D eigenvalue weighted by Gasteiger charge is -2.14. The van der Waals surface area contributed by atoms with Crippen LogP contribution in [0.25, 0.3) is 11.4 Å². The molecule has 126 valence electrons. The lowest BCUT2D eigenvalue weighted by Crippen LogP contribution is -2.25. The molecule has 0 saturated carbocycles. The average molecular weight is 350 g/mol. The Morgan fingerprint density at radius 1 is 1.20 bits per heavy atom. The van der Waals surface area contributed by atoms with Crippen LogP contribution < -0.4 is 0 Å². The molecule has 0 radical (unpaired) electrons. The Bertz CT molecular complexity index is 907. The van der Waals surface area contributed by atoms with Crippen molar-refractivity contribution in [3.63, 3.8) is 0 Å². The predicted molar refractivity (Wildman–Crippen MR) is 96.9 cm³/mol. The minimum atomic E-state index is 0.159. The molecule has 0 bridgehead atoms. The van der Waals surface area contributed by atoms with E-state index in [2.05, 4.69) is 15.0 Å². The monoisotopic (exact) mass is 350 g/mol. The van der Waals surface area contributed by atoms with Gasteiger partial charge < -0.3 is 4.90 Å². The summed E-state index contributed by atoms with van der Waals surface area (Å²) in [5, 5.41) is 0. The maximum absolute atomic E-state index is 12.5. The molecule has 0 N–H and O–H groups in total. The molecule has 1 aliphatic heterocycles. The van der Waals surface area contributed by atoms with Crippen LogP contribution >= 0.6 is 11.3 Å². The molecule has 1 aliphatic rings. The van der Waals surface area contributed by atoms with E-state index < -0.39 is 0 Å². The van der Waals surface area contributed by atoms with Gasteiger partial charge in [0, 0.05) is 35.2 Å². The minimum Gasteiger partial charge on any atom is -0.332 e. The van der Waals surface area contributed by atoms with Gasteiger partial charge in [-0.3, -0.25) is 4.79 Å². The Morgan fingerprint density at radius 3 is 2.80 bits per heavy atom. The summed E-state index contributed by atoms with van der Waals surface area (Å²) < 4.78 is 0. The predicted octanol–water partition coefficient (Wildman–Crippen LogP) is 3.38. The Balaban J connectivity index is 1.44. The van der Waals surface area contributed by atoms with Gasteiger partial charge in [-0.25, -0.2) is 15.0 Å². The summed E-state index contributed by atoms with van der Waals surface area (Å²) in [5.74, 6) is 0.876. The van der Waals surface area contributed by atoms with Gasteiger partial charge in [0.2, 0.25) is 5.91 Å². The Morgan fingerprint density at radius 2 is 2.04 bits per heavy atom. The van der Waals surface area contributed by atoms with Crippen LogP contribution in [0, 0.1) is 6.92 Å². The first-order valence-electron chi connectivity index (χ1n) is 8.27. The first-order chi connectivity index (χ1) is 12.2. The maximum atomic E-state index is 12.5. The van der Waals surface area contributed by atoms with Gasteiger partial charge >= 0.3 is 0 Å². The van der Waals surface area contributed by atoms with Crippen molar-refractivity contribution in [2.45, 2.75) is 32.9 Å². The normalized spacial score (nSPS) is 13.1. The van der Waals surface area contributed by atoms with Crippen LogP contribution in [0.5, 0.6) is 0 Å². The molecule has 5 nitrogen and oxygen atoms in total. The van der Waals surface area contributed by atoms with E-state index >= 15 is 0 Å². The number of carbonyl (C=O) groups is 1. The maximum Gasteiger partial charge on any atom is 0.223 e. The molecular weight excluding hydrogens is 332 g/mol. The van der Waals surface area contributed by atoms with E-state index in [0.717, 1.165) is 28.9 Å².